The Labute approximate surface area is 149 Å². The number of piperazine rings is 1. The molecule has 2 amide bonds. The average molecular weight is 348 g/mol. The molecule has 0 radical (unpaired) electrons. The van der Waals surface area contributed by atoms with Gasteiger partial charge in [0, 0.05) is 64.8 Å². The van der Waals surface area contributed by atoms with Gasteiger partial charge in [0.25, 0.3) is 0 Å². The van der Waals surface area contributed by atoms with Crippen LogP contribution >= 0.6 is 0 Å². The summed E-state index contributed by atoms with van der Waals surface area (Å²) in [4.78, 5) is 27.2. The van der Waals surface area contributed by atoms with Crippen molar-refractivity contribution in [2.45, 2.75) is 26.1 Å². The number of morpholine rings is 1. The average Bonchev–Trinajstić information content (AvgIpc) is 2.62. The number of ether oxygens (including phenoxy) is 1. The van der Waals surface area contributed by atoms with Gasteiger partial charge < -0.3 is 19.9 Å². The maximum atomic E-state index is 12.3. The van der Waals surface area contributed by atoms with Gasteiger partial charge in [-0.1, -0.05) is 0 Å². The first-order valence-corrected chi connectivity index (χ1v) is 9.04. The van der Waals surface area contributed by atoms with Crippen molar-refractivity contribution in [2.75, 3.05) is 57.3 Å². The second-order valence-corrected chi connectivity index (χ2v) is 6.77. The van der Waals surface area contributed by atoms with Crippen molar-refractivity contribution in [1.29, 1.82) is 0 Å². The number of aromatic nitrogens is 2. The molecule has 3 rings (SSSR count). The zero-order valence-electron chi connectivity index (χ0n) is 15.1. The van der Waals surface area contributed by atoms with Crippen LogP contribution in [-0.2, 0) is 4.74 Å². The first-order chi connectivity index (χ1) is 12.1. The van der Waals surface area contributed by atoms with E-state index in [1.165, 1.54) is 0 Å². The van der Waals surface area contributed by atoms with Gasteiger partial charge in [-0.05, 0) is 19.9 Å². The van der Waals surface area contributed by atoms with Crippen LogP contribution in [-0.4, -0.2) is 90.4 Å². The number of carbonyl (C=O) groups excluding carboxylic acids is 1. The van der Waals surface area contributed by atoms with Gasteiger partial charge >= 0.3 is 6.03 Å². The van der Waals surface area contributed by atoms with E-state index < -0.39 is 0 Å². The molecule has 2 fully saturated rings. The van der Waals surface area contributed by atoms with Crippen LogP contribution in [0.4, 0.5) is 10.7 Å². The van der Waals surface area contributed by atoms with Crippen LogP contribution in [0.3, 0.4) is 0 Å². The van der Waals surface area contributed by atoms with Gasteiger partial charge in [0.1, 0.15) is 0 Å². The Morgan fingerprint density at radius 2 is 1.80 bits per heavy atom. The van der Waals surface area contributed by atoms with Crippen molar-refractivity contribution in [1.82, 2.24) is 25.1 Å². The third-order valence-electron chi connectivity index (χ3n) is 4.60. The lowest BCUT2D eigenvalue weighted by Gasteiger charge is -2.36. The molecule has 0 aromatic carbocycles. The molecule has 0 spiro atoms. The zero-order chi connectivity index (χ0) is 17.6. The summed E-state index contributed by atoms with van der Waals surface area (Å²) < 4.78 is 5.73. The highest BCUT2D eigenvalue weighted by Gasteiger charge is 2.24. The monoisotopic (exact) mass is 348 g/mol. The zero-order valence-corrected chi connectivity index (χ0v) is 15.1. The summed E-state index contributed by atoms with van der Waals surface area (Å²) in [5.41, 5.74) is 0. The predicted octanol–water partition coefficient (Wildman–Crippen LogP) is 0.417. The van der Waals surface area contributed by atoms with E-state index >= 15 is 0 Å². The fraction of sp³-hybridized carbons (Fsp3) is 0.706. The van der Waals surface area contributed by atoms with Gasteiger partial charge in [0.2, 0.25) is 5.95 Å². The number of nitrogens with zero attached hydrogens (tertiary/aromatic N) is 5. The first kappa shape index (κ1) is 17.9. The van der Waals surface area contributed by atoms with Crippen molar-refractivity contribution >= 4 is 12.0 Å². The number of nitrogens with one attached hydrogen (secondary N) is 1. The number of anilines is 1. The van der Waals surface area contributed by atoms with E-state index in [4.69, 9.17) is 4.74 Å². The Morgan fingerprint density at radius 3 is 2.44 bits per heavy atom. The molecule has 1 aromatic heterocycles. The third kappa shape index (κ3) is 5.02. The highest BCUT2D eigenvalue weighted by Crippen LogP contribution is 2.11. The third-order valence-corrected chi connectivity index (χ3v) is 4.60. The topological polar surface area (TPSA) is 73.8 Å². The van der Waals surface area contributed by atoms with E-state index in [0.29, 0.717) is 19.6 Å². The lowest BCUT2D eigenvalue weighted by molar-refractivity contribution is -0.0672. The van der Waals surface area contributed by atoms with Gasteiger partial charge in [0.05, 0.1) is 12.2 Å². The van der Waals surface area contributed by atoms with Crippen molar-refractivity contribution in [3.8, 4) is 0 Å². The molecule has 0 bridgehead atoms. The van der Waals surface area contributed by atoms with Crippen molar-refractivity contribution in [3.63, 3.8) is 0 Å². The first-order valence-electron chi connectivity index (χ1n) is 9.04. The van der Waals surface area contributed by atoms with Crippen LogP contribution in [0.15, 0.2) is 18.5 Å². The standard InChI is InChI=1S/C17H28N6O2/c1-14-12-21(13-15(2)25-14)7-6-20-17(24)23-10-8-22(9-11-23)16-18-4-3-5-19-16/h3-5,14-15H,6-13H2,1-2H3,(H,20,24). The normalized spacial score (nSPS) is 25.0. The fourth-order valence-corrected chi connectivity index (χ4v) is 3.46. The summed E-state index contributed by atoms with van der Waals surface area (Å²) in [5, 5.41) is 3.04. The van der Waals surface area contributed by atoms with E-state index in [1.807, 2.05) is 11.0 Å². The molecule has 2 aliphatic heterocycles. The second kappa shape index (κ2) is 8.44. The van der Waals surface area contributed by atoms with Crippen molar-refractivity contribution in [2.24, 2.45) is 0 Å². The molecule has 1 N–H and O–H groups in total. The van der Waals surface area contributed by atoms with Crippen LogP contribution in [0.5, 0.6) is 0 Å². The molecule has 25 heavy (non-hydrogen) atoms. The number of urea groups is 1. The second-order valence-electron chi connectivity index (χ2n) is 6.77. The number of hydrogen-bond donors (Lipinski definition) is 1. The SMILES string of the molecule is CC1CN(CCNC(=O)N2CCN(c3ncccn3)CC2)CC(C)O1. The molecule has 8 heteroatoms. The molecule has 3 heterocycles. The Balaban J connectivity index is 1.37. The Bertz CT molecular complexity index is 539. The van der Waals surface area contributed by atoms with Gasteiger partial charge in [0.15, 0.2) is 0 Å². The Hall–Kier alpha value is -1.93. The van der Waals surface area contributed by atoms with E-state index in [2.05, 4.69) is 38.9 Å². The lowest BCUT2D eigenvalue weighted by atomic mass is 10.2. The van der Waals surface area contributed by atoms with Crippen LogP contribution in [0.2, 0.25) is 0 Å². The van der Waals surface area contributed by atoms with Crippen LogP contribution in [0.25, 0.3) is 0 Å². The van der Waals surface area contributed by atoms with Crippen LogP contribution < -0.4 is 10.2 Å². The largest absolute Gasteiger partial charge is 0.373 e. The molecule has 0 saturated carbocycles. The number of carbonyl (C=O) groups is 1. The van der Waals surface area contributed by atoms with Crippen LogP contribution in [0.1, 0.15) is 13.8 Å². The Kier molecular flexibility index (Phi) is 6.04. The minimum Gasteiger partial charge on any atom is -0.373 e. The summed E-state index contributed by atoms with van der Waals surface area (Å²) in [6, 6.07) is 1.83. The highest BCUT2D eigenvalue weighted by atomic mass is 16.5. The van der Waals surface area contributed by atoms with Gasteiger partial charge in [-0.25, -0.2) is 14.8 Å². The number of rotatable bonds is 4. The Morgan fingerprint density at radius 1 is 1.16 bits per heavy atom. The number of hydrogen-bond acceptors (Lipinski definition) is 6. The van der Waals surface area contributed by atoms with E-state index in [9.17, 15) is 4.79 Å². The quantitative estimate of drug-likeness (QED) is 0.850. The predicted molar refractivity (Wildman–Crippen MR) is 95.7 cm³/mol. The molecule has 2 unspecified atom stereocenters. The van der Waals surface area contributed by atoms with E-state index in [0.717, 1.165) is 38.7 Å². The van der Waals surface area contributed by atoms with Crippen molar-refractivity contribution in [3.05, 3.63) is 18.5 Å². The molecule has 138 valence electrons. The minimum absolute atomic E-state index is 0.0167. The van der Waals surface area contributed by atoms with Gasteiger partial charge in [-0.3, -0.25) is 4.90 Å². The summed E-state index contributed by atoms with van der Waals surface area (Å²) in [6.45, 7) is 10.5. The van der Waals surface area contributed by atoms with Crippen molar-refractivity contribution < 1.29 is 9.53 Å². The molecule has 1 aromatic rings. The van der Waals surface area contributed by atoms with Gasteiger partial charge in [-0.15, -0.1) is 0 Å². The maximum Gasteiger partial charge on any atom is 0.317 e. The van der Waals surface area contributed by atoms with E-state index in [-0.39, 0.29) is 18.2 Å². The lowest BCUT2D eigenvalue weighted by Crippen LogP contribution is -2.53. The molecule has 2 aliphatic rings. The summed E-state index contributed by atoms with van der Waals surface area (Å²) in [7, 11) is 0. The molecular weight excluding hydrogens is 320 g/mol. The number of amides is 2. The summed E-state index contributed by atoms with van der Waals surface area (Å²) in [6.07, 6.45) is 4.00. The van der Waals surface area contributed by atoms with Crippen LogP contribution in [0, 0.1) is 0 Å². The summed E-state index contributed by atoms with van der Waals surface area (Å²) in [5.74, 6) is 0.734. The molecule has 2 saturated heterocycles. The molecule has 2 atom stereocenters. The molecule has 0 aliphatic carbocycles. The minimum atomic E-state index is 0.0167. The maximum absolute atomic E-state index is 12.3. The van der Waals surface area contributed by atoms with Gasteiger partial charge in [-0.2, -0.15) is 0 Å². The fourth-order valence-electron chi connectivity index (χ4n) is 3.46. The molecular formula is C17H28N6O2. The summed E-state index contributed by atoms with van der Waals surface area (Å²) >= 11 is 0. The highest BCUT2D eigenvalue weighted by molar-refractivity contribution is 5.74. The molecule has 8 nitrogen and oxygen atoms in total. The van der Waals surface area contributed by atoms with E-state index in [1.54, 1.807) is 12.4 Å². The smallest absolute Gasteiger partial charge is 0.317 e.